The van der Waals surface area contributed by atoms with Gasteiger partial charge in [0.1, 0.15) is 6.10 Å². The minimum Gasteiger partial charge on any atom is -0.480 e. The molecule has 1 heterocycles. The van der Waals surface area contributed by atoms with E-state index >= 15 is 0 Å². The predicted molar refractivity (Wildman–Crippen MR) is 36.3 cm³/mol. The molecule has 1 aliphatic heterocycles. The molecule has 0 aromatic rings. The van der Waals surface area contributed by atoms with Crippen molar-refractivity contribution in [3.8, 4) is 0 Å². The Labute approximate surface area is 67.4 Å². The van der Waals surface area contributed by atoms with Crippen LogP contribution in [0.3, 0.4) is 0 Å². The quantitative estimate of drug-likeness (QED) is 0.481. The van der Waals surface area contributed by atoms with E-state index in [1.54, 1.807) is 0 Å². The number of carbonyl (C=O) groups is 2. The van der Waals surface area contributed by atoms with E-state index in [0.29, 0.717) is 0 Å². The van der Waals surface area contributed by atoms with Crippen LogP contribution in [0.1, 0.15) is 0 Å². The first-order valence-corrected chi connectivity index (χ1v) is 3.30. The van der Waals surface area contributed by atoms with Crippen molar-refractivity contribution in [3.63, 3.8) is 0 Å². The van der Waals surface area contributed by atoms with Gasteiger partial charge in [0.25, 0.3) is 0 Å². The van der Waals surface area contributed by atoms with Gasteiger partial charge in [0.05, 0.1) is 0 Å². The molecule has 0 bridgehead atoms. The van der Waals surface area contributed by atoms with Crippen molar-refractivity contribution >= 4 is 23.5 Å². The number of rotatable bonds is 2. The Morgan fingerprint density at radius 1 is 1.82 bits per heavy atom. The van der Waals surface area contributed by atoms with Crippen LogP contribution in [-0.4, -0.2) is 28.5 Å². The normalized spacial score (nSPS) is 24.8. The maximum absolute atomic E-state index is 10.4. The average Bonchev–Trinajstić information content (AvgIpc) is 2.34. The van der Waals surface area contributed by atoms with Crippen LogP contribution in [0, 0.1) is 0 Å². The third kappa shape index (κ3) is 1.71. The number of carbonyl (C=O) groups excluding carboxylic acids is 1. The molecule has 2 unspecified atom stereocenters. The highest BCUT2D eigenvalue weighted by atomic mass is 35.5. The van der Waals surface area contributed by atoms with Gasteiger partial charge in [0.15, 0.2) is 5.38 Å². The first kappa shape index (κ1) is 8.07. The molecule has 60 valence electrons. The van der Waals surface area contributed by atoms with E-state index in [1.165, 1.54) is 6.08 Å². The summed E-state index contributed by atoms with van der Waals surface area (Å²) in [4.78, 5) is 20.7. The van der Waals surface area contributed by atoms with Crippen molar-refractivity contribution in [3.05, 3.63) is 12.2 Å². The van der Waals surface area contributed by atoms with Crippen LogP contribution in [0.2, 0.25) is 0 Å². The molecule has 0 saturated carbocycles. The van der Waals surface area contributed by atoms with Crippen molar-refractivity contribution in [2.24, 2.45) is 0 Å². The lowest BCUT2D eigenvalue weighted by molar-refractivity contribution is -0.143. The SMILES string of the molecule is O=C1C=CC(C(Cl)C(=O)O)O1. The number of halogens is 1. The van der Waals surface area contributed by atoms with E-state index in [2.05, 4.69) is 4.74 Å². The summed E-state index contributed by atoms with van der Waals surface area (Å²) < 4.78 is 4.52. The monoisotopic (exact) mass is 176 g/mol. The molecule has 0 radical (unpaired) electrons. The summed E-state index contributed by atoms with van der Waals surface area (Å²) in [5, 5.41) is 7.17. The Hall–Kier alpha value is -1.03. The van der Waals surface area contributed by atoms with Crippen LogP contribution in [-0.2, 0) is 14.3 Å². The van der Waals surface area contributed by atoms with Crippen LogP contribution in [0.15, 0.2) is 12.2 Å². The molecule has 1 N–H and O–H groups in total. The van der Waals surface area contributed by atoms with Crippen molar-refractivity contribution < 1.29 is 19.4 Å². The second kappa shape index (κ2) is 2.92. The molecule has 0 spiro atoms. The minimum absolute atomic E-state index is 0.554. The fraction of sp³-hybridized carbons (Fsp3) is 0.333. The highest BCUT2D eigenvalue weighted by Crippen LogP contribution is 2.14. The Morgan fingerprint density at radius 3 is 2.82 bits per heavy atom. The number of alkyl halides is 1. The molecule has 0 fully saturated rings. The predicted octanol–water partition coefficient (Wildman–Crippen LogP) is 0.160. The van der Waals surface area contributed by atoms with Crippen molar-refractivity contribution in [2.75, 3.05) is 0 Å². The number of cyclic esters (lactones) is 1. The lowest BCUT2D eigenvalue weighted by atomic mass is 10.2. The van der Waals surface area contributed by atoms with E-state index in [0.717, 1.165) is 6.08 Å². The second-order valence-electron chi connectivity index (χ2n) is 2.00. The van der Waals surface area contributed by atoms with Gasteiger partial charge in [-0.1, -0.05) is 0 Å². The highest BCUT2D eigenvalue weighted by molar-refractivity contribution is 6.30. The van der Waals surface area contributed by atoms with E-state index in [1.807, 2.05) is 0 Å². The largest absolute Gasteiger partial charge is 0.480 e. The number of hydrogen-bond acceptors (Lipinski definition) is 3. The Bertz CT molecular complexity index is 223. The zero-order chi connectivity index (χ0) is 8.43. The average molecular weight is 177 g/mol. The van der Waals surface area contributed by atoms with E-state index < -0.39 is 23.4 Å². The molecule has 5 heteroatoms. The Kier molecular flexibility index (Phi) is 2.14. The summed E-state index contributed by atoms with van der Waals surface area (Å²) in [5.74, 6) is -1.75. The zero-order valence-electron chi connectivity index (χ0n) is 5.36. The van der Waals surface area contributed by atoms with Crippen molar-refractivity contribution in [1.29, 1.82) is 0 Å². The molecular weight excluding hydrogens is 172 g/mol. The van der Waals surface area contributed by atoms with Gasteiger partial charge < -0.3 is 9.84 Å². The van der Waals surface area contributed by atoms with Gasteiger partial charge in [0.2, 0.25) is 0 Å². The maximum Gasteiger partial charge on any atom is 0.331 e. The Morgan fingerprint density at radius 2 is 2.45 bits per heavy atom. The first-order valence-electron chi connectivity index (χ1n) is 2.87. The van der Waals surface area contributed by atoms with Crippen LogP contribution < -0.4 is 0 Å². The lowest BCUT2D eigenvalue weighted by Gasteiger charge is -2.09. The fourth-order valence-corrected chi connectivity index (χ4v) is 0.819. The molecule has 0 aromatic carbocycles. The molecule has 1 aliphatic rings. The number of carboxylic acids is 1. The van der Waals surface area contributed by atoms with Crippen LogP contribution in [0.4, 0.5) is 0 Å². The second-order valence-corrected chi connectivity index (χ2v) is 2.47. The smallest absolute Gasteiger partial charge is 0.331 e. The lowest BCUT2D eigenvalue weighted by Crippen LogP contribution is -2.28. The molecule has 0 aromatic heterocycles. The van der Waals surface area contributed by atoms with Gasteiger partial charge in [-0.3, -0.25) is 4.79 Å². The number of hydrogen-bond donors (Lipinski definition) is 1. The van der Waals surface area contributed by atoms with Crippen molar-refractivity contribution in [1.82, 2.24) is 0 Å². The summed E-state index contributed by atoms with van der Waals surface area (Å²) in [6.07, 6.45) is 1.65. The van der Waals surface area contributed by atoms with Gasteiger partial charge in [-0.15, -0.1) is 11.6 Å². The third-order valence-electron chi connectivity index (χ3n) is 1.20. The summed E-state index contributed by atoms with van der Waals surface area (Å²) in [7, 11) is 0. The highest BCUT2D eigenvalue weighted by Gasteiger charge is 2.29. The Balaban J connectivity index is 2.57. The first-order chi connectivity index (χ1) is 5.11. The van der Waals surface area contributed by atoms with E-state index in [9.17, 15) is 9.59 Å². The maximum atomic E-state index is 10.4. The number of aliphatic carboxylic acids is 1. The standard InChI is InChI=1S/C6H5ClO4/c7-5(6(9)10)3-1-2-4(8)11-3/h1-3,5H,(H,9,10). The van der Waals surface area contributed by atoms with Gasteiger partial charge in [-0.25, -0.2) is 4.79 Å². The molecule has 2 atom stereocenters. The molecule has 0 saturated heterocycles. The molecule has 4 nitrogen and oxygen atoms in total. The molecule has 1 rings (SSSR count). The molecular formula is C6H5ClO4. The molecule has 0 amide bonds. The topological polar surface area (TPSA) is 63.6 Å². The summed E-state index contributed by atoms with van der Waals surface area (Å²) in [5.41, 5.74) is 0. The fourth-order valence-electron chi connectivity index (χ4n) is 0.684. The van der Waals surface area contributed by atoms with Crippen LogP contribution in [0.5, 0.6) is 0 Å². The zero-order valence-corrected chi connectivity index (χ0v) is 6.12. The van der Waals surface area contributed by atoms with E-state index in [4.69, 9.17) is 16.7 Å². The molecule has 11 heavy (non-hydrogen) atoms. The third-order valence-corrected chi connectivity index (χ3v) is 1.63. The van der Waals surface area contributed by atoms with Crippen LogP contribution in [0.25, 0.3) is 0 Å². The minimum atomic E-state index is -1.20. The van der Waals surface area contributed by atoms with Gasteiger partial charge in [-0.2, -0.15) is 0 Å². The van der Waals surface area contributed by atoms with Gasteiger partial charge >= 0.3 is 11.9 Å². The summed E-state index contributed by atoms with van der Waals surface area (Å²) >= 11 is 5.36. The van der Waals surface area contributed by atoms with E-state index in [-0.39, 0.29) is 0 Å². The number of esters is 1. The van der Waals surface area contributed by atoms with Gasteiger partial charge in [-0.05, 0) is 6.08 Å². The van der Waals surface area contributed by atoms with Crippen molar-refractivity contribution in [2.45, 2.75) is 11.5 Å². The molecule has 0 aliphatic carbocycles. The van der Waals surface area contributed by atoms with Crippen LogP contribution >= 0.6 is 11.6 Å². The number of carboxylic acid groups (broad SMARTS) is 1. The van der Waals surface area contributed by atoms with Gasteiger partial charge in [0, 0.05) is 6.08 Å². The summed E-state index contributed by atoms with van der Waals surface area (Å²) in [6.45, 7) is 0. The summed E-state index contributed by atoms with van der Waals surface area (Å²) in [6, 6.07) is 0. The number of ether oxygens (including phenoxy) is 1.